The average Bonchev–Trinajstić information content (AvgIpc) is 3.11. The van der Waals surface area contributed by atoms with Crippen molar-refractivity contribution in [3.8, 4) is 11.1 Å². The summed E-state index contributed by atoms with van der Waals surface area (Å²) in [5, 5.41) is 14.5. The fourth-order valence-corrected chi connectivity index (χ4v) is 4.15. The van der Waals surface area contributed by atoms with Crippen LogP contribution >= 0.6 is 0 Å². The van der Waals surface area contributed by atoms with Crippen LogP contribution in [0.1, 0.15) is 50.7 Å². The number of aliphatic carboxylic acids is 1. The molecular weight excluding hydrogens is 420 g/mol. The number of alkyl carbamates (subject to hydrolysis) is 1. The first-order valence-corrected chi connectivity index (χ1v) is 11.4. The molecule has 0 aromatic heterocycles. The van der Waals surface area contributed by atoms with Gasteiger partial charge in [-0.15, -0.1) is 0 Å². The molecule has 7 heteroatoms. The monoisotopic (exact) mass is 452 g/mol. The van der Waals surface area contributed by atoms with Gasteiger partial charge in [0.2, 0.25) is 5.91 Å². The summed E-state index contributed by atoms with van der Waals surface area (Å²) in [7, 11) is 0. The Morgan fingerprint density at radius 3 is 2.09 bits per heavy atom. The van der Waals surface area contributed by atoms with Crippen LogP contribution in [0.25, 0.3) is 11.1 Å². The lowest BCUT2D eigenvalue weighted by atomic mass is 9.98. The largest absolute Gasteiger partial charge is 0.480 e. The van der Waals surface area contributed by atoms with Crippen molar-refractivity contribution in [2.75, 3.05) is 13.2 Å². The number of carboxylic acids is 1. The molecule has 176 valence electrons. The highest BCUT2D eigenvalue weighted by Gasteiger charge is 2.29. The molecule has 2 atom stereocenters. The third-order valence-electron chi connectivity index (χ3n) is 6.05. The highest BCUT2D eigenvalue weighted by atomic mass is 16.5. The summed E-state index contributed by atoms with van der Waals surface area (Å²) in [5.41, 5.74) is 4.67. The molecular formula is C26H32N2O5. The van der Waals surface area contributed by atoms with Crippen molar-refractivity contribution in [3.05, 3.63) is 59.7 Å². The summed E-state index contributed by atoms with van der Waals surface area (Å²) in [6.07, 6.45) is 0.239. The van der Waals surface area contributed by atoms with Crippen molar-refractivity contribution in [2.24, 2.45) is 11.8 Å². The van der Waals surface area contributed by atoms with E-state index < -0.39 is 18.1 Å². The highest BCUT2D eigenvalue weighted by molar-refractivity contribution is 5.83. The molecule has 0 bridgehead atoms. The zero-order chi connectivity index (χ0) is 24.0. The smallest absolute Gasteiger partial charge is 0.407 e. The van der Waals surface area contributed by atoms with Gasteiger partial charge in [-0.1, -0.05) is 69.3 Å². The van der Waals surface area contributed by atoms with Gasteiger partial charge in [0.05, 0.1) is 0 Å². The summed E-state index contributed by atoms with van der Waals surface area (Å²) < 4.78 is 5.53. The summed E-state index contributed by atoms with van der Waals surface area (Å²) in [5.74, 6) is -1.49. The van der Waals surface area contributed by atoms with Crippen molar-refractivity contribution in [3.63, 3.8) is 0 Å². The first-order valence-electron chi connectivity index (χ1n) is 11.4. The van der Waals surface area contributed by atoms with Crippen LogP contribution in [0.3, 0.4) is 0 Å². The van der Waals surface area contributed by atoms with E-state index in [-0.39, 0.29) is 36.7 Å². The van der Waals surface area contributed by atoms with Gasteiger partial charge in [0.25, 0.3) is 0 Å². The van der Waals surface area contributed by atoms with Crippen molar-refractivity contribution >= 4 is 18.0 Å². The Labute approximate surface area is 194 Å². The predicted octanol–water partition coefficient (Wildman–Crippen LogP) is 4.17. The van der Waals surface area contributed by atoms with Crippen molar-refractivity contribution in [1.82, 2.24) is 10.6 Å². The molecule has 1 unspecified atom stereocenters. The Balaban J connectivity index is 1.43. The van der Waals surface area contributed by atoms with Gasteiger partial charge >= 0.3 is 12.1 Å². The number of carbonyl (C=O) groups excluding carboxylic acids is 2. The number of fused-ring (bicyclic) bond motifs is 3. The zero-order valence-corrected chi connectivity index (χ0v) is 19.3. The molecule has 7 nitrogen and oxygen atoms in total. The molecule has 0 saturated heterocycles. The first-order chi connectivity index (χ1) is 15.8. The lowest BCUT2D eigenvalue weighted by molar-refractivity contribution is -0.143. The van der Waals surface area contributed by atoms with Crippen LogP contribution in [0, 0.1) is 11.8 Å². The Kier molecular flexibility index (Phi) is 8.09. The molecule has 0 fully saturated rings. The number of ether oxygens (including phenoxy) is 1. The second kappa shape index (κ2) is 11.0. The topological polar surface area (TPSA) is 105 Å². The summed E-state index contributed by atoms with van der Waals surface area (Å²) in [6, 6.07) is 15.4. The Hall–Kier alpha value is -3.35. The molecule has 0 aliphatic heterocycles. The van der Waals surface area contributed by atoms with E-state index in [1.54, 1.807) is 13.8 Å². The van der Waals surface area contributed by atoms with Gasteiger partial charge in [0.15, 0.2) is 0 Å². The molecule has 0 radical (unpaired) electrons. The van der Waals surface area contributed by atoms with E-state index in [4.69, 9.17) is 4.74 Å². The van der Waals surface area contributed by atoms with Crippen LogP contribution in [0.5, 0.6) is 0 Å². The minimum absolute atomic E-state index is 0.00686. The van der Waals surface area contributed by atoms with Gasteiger partial charge < -0.3 is 20.5 Å². The van der Waals surface area contributed by atoms with Gasteiger partial charge in [-0.3, -0.25) is 4.79 Å². The van der Waals surface area contributed by atoms with Gasteiger partial charge in [-0.25, -0.2) is 9.59 Å². The van der Waals surface area contributed by atoms with Gasteiger partial charge in [0.1, 0.15) is 12.6 Å². The standard InChI is InChI=1S/C26H32N2O5/c1-16(2)24(25(30)31)28-23(29)13-12-17(3)14-27-26(32)33-15-22-20-10-6-4-8-18(20)19-9-5-7-11-21(19)22/h4-11,16-17,22,24H,12-15H2,1-3H3,(H,27,32)(H,28,29)(H,30,31)/t17?,24-/m0/s1. The summed E-state index contributed by atoms with van der Waals surface area (Å²) in [4.78, 5) is 35.6. The molecule has 0 spiro atoms. The fraction of sp³-hybridized carbons (Fsp3) is 0.423. The number of carboxylic acid groups (broad SMARTS) is 1. The van der Waals surface area contributed by atoms with Gasteiger partial charge in [0, 0.05) is 18.9 Å². The van der Waals surface area contributed by atoms with Crippen LogP contribution in [0.4, 0.5) is 4.79 Å². The van der Waals surface area contributed by atoms with E-state index in [1.165, 1.54) is 11.1 Å². The number of nitrogens with one attached hydrogen (secondary N) is 2. The minimum Gasteiger partial charge on any atom is -0.480 e. The lowest BCUT2D eigenvalue weighted by Gasteiger charge is -2.19. The normalized spacial score (nSPS) is 14.2. The number of carbonyl (C=O) groups is 3. The fourth-order valence-electron chi connectivity index (χ4n) is 4.15. The predicted molar refractivity (Wildman–Crippen MR) is 126 cm³/mol. The lowest BCUT2D eigenvalue weighted by Crippen LogP contribution is -2.44. The van der Waals surface area contributed by atoms with E-state index in [9.17, 15) is 19.5 Å². The van der Waals surface area contributed by atoms with Crippen LogP contribution in [-0.2, 0) is 14.3 Å². The molecule has 1 aliphatic carbocycles. The van der Waals surface area contributed by atoms with Crippen molar-refractivity contribution in [1.29, 1.82) is 0 Å². The Bertz CT molecular complexity index is 958. The van der Waals surface area contributed by atoms with E-state index >= 15 is 0 Å². The molecule has 0 heterocycles. The molecule has 33 heavy (non-hydrogen) atoms. The van der Waals surface area contributed by atoms with Crippen LogP contribution in [0.2, 0.25) is 0 Å². The van der Waals surface area contributed by atoms with Crippen LogP contribution < -0.4 is 10.6 Å². The summed E-state index contributed by atoms with van der Waals surface area (Å²) in [6.45, 7) is 6.05. The average molecular weight is 453 g/mol. The van der Waals surface area contributed by atoms with Gasteiger partial charge in [-0.2, -0.15) is 0 Å². The molecule has 1 aliphatic rings. The van der Waals surface area contributed by atoms with E-state index in [0.29, 0.717) is 13.0 Å². The third kappa shape index (κ3) is 6.12. The van der Waals surface area contributed by atoms with Crippen LogP contribution in [-0.4, -0.2) is 42.3 Å². The number of amides is 2. The SMILES string of the molecule is CC(CCC(=O)N[C@H](C(=O)O)C(C)C)CNC(=O)OCC1c2ccccc2-c2ccccc21. The number of hydrogen-bond acceptors (Lipinski definition) is 4. The van der Waals surface area contributed by atoms with E-state index in [2.05, 4.69) is 34.9 Å². The van der Waals surface area contributed by atoms with Crippen molar-refractivity contribution < 1.29 is 24.2 Å². The molecule has 2 amide bonds. The first kappa shape index (κ1) is 24.3. The second-order valence-corrected chi connectivity index (χ2v) is 8.98. The maximum Gasteiger partial charge on any atom is 0.407 e. The maximum absolute atomic E-state index is 12.3. The number of hydrogen-bond donors (Lipinski definition) is 3. The van der Waals surface area contributed by atoms with E-state index in [1.807, 2.05) is 31.2 Å². The maximum atomic E-state index is 12.3. The Morgan fingerprint density at radius 2 is 1.55 bits per heavy atom. The number of benzene rings is 2. The highest BCUT2D eigenvalue weighted by Crippen LogP contribution is 2.44. The quantitative estimate of drug-likeness (QED) is 0.502. The molecule has 2 aromatic carbocycles. The minimum atomic E-state index is -1.04. The molecule has 2 aromatic rings. The number of rotatable bonds is 10. The van der Waals surface area contributed by atoms with Crippen molar-refractivity contribution in [2.45, 2.75) is 45.6 Å². The zero-order valence-electron chi connectivity index (χ0n) is 19.3. The molecule has 3 rings (SSSR count). The van der Waals surface area contributed by atoms with Crippen LogP contribution in [0.15, 0.2) is 48.5 Å². The Morgan fingerprint density at radius 1 is 0.970 bits per heavy atom. The molecule has 0 saturated carbocycles. The summed E-state index contributed by atoms with van der Waals surface area (Å²) >= 11 is 0. The third-order valence-corrected chi connectivity index (χ3v) is 6.05. The van der Waals surface area contributed by atoms with E-state index in [0.717, 1.165) is 11.1 Å². The van der Waals surface area contributed by atoms with Gasteiger partial charge in [-0.05, 0) is 40.5 Å². The second-order valence-electron chi connectivity index (χ2n) is 8.98. The molecule has 3 N–H and O–H groups in total.